The summed E-state index contributed by atoms with van der Waals surface area (Å²) in [4.78, 5) is 28.2. The molecule has 148 valence electrons. The number of anilines is 1. The summed E-state index contributed by atoms with van der Waals surface area (Å²) in [5.74, 6) is -0.262. The van der Waals surface area contributed by atoms with Crippen molar-refractivity contribution in [2.75, 3.05) is 57.4 Å². The number of amides is 2. The maximum atomic E-state index is 13.0. The first-order chi connectivity index (χ1) is 13.1. The van der Waals surface area contributed by atoms with Gasteiger partial charge in [0.1, 0.15) is 5.82 Å². The summed E-state index contributed by atoms with van der Waals surface area (Å²) in [6.45, 7) is 5.05. The fourth-order valence-corrected chi connectivity index (χ4v) is 3.38. The maximum absolute atomic E-state index is 13.0. The van der Waals surface area contributed by atoms with Gasteiger partial charge in [-0.15, -0.1) is 0 Å². The fraction of sp³-hybridized carbons (Fsp3) is 0.579. The van der Waals surface area contributed by atoms with E-state index >= 15 is 0 Å². The van der Waals surface area contributed by atoms with Gasteiger partial charge in [0.15, 0.2) is 0 Å². The first kappa shape index (κ1) is 19.6. The van der Waals surface area contributed by atoms with Crippen molar-refractivity contribution in [1.82, 2.24) is 15.5 Å². The number of nitrogens with zero attached hydrogens (tertiary/aromatic N) is 2. The van der Waals surface area contributed by atoms with Gasteiger partial charge in [-0.05, 0) is 24.3 Å². The Morgan fingerprint density at radius 3 is 2.59 bits per heavy atom. The van der Waals surface area contributed by atoms with Crippen LogP contribution in [0, 0.1) is 5.82 Å². The molecule has 1 unspecified atom stereocenters. The number of carbonyl (C=O) groups excluding carboxylic acids is 2. The lowest BCUT2D eigenvalue weighted by Gasteiger charge is -2.36. The van der Waals surface area contributed by atoms with Crippen molar-refractivity contribution in [3.8, 4) is 0 Å². The van der Waals surface area contributed by atoms with Crippen LogP contribution in [0.5, 0.6) is 0 Å². The molecule has 2 amide bonds. The standard InChI is InChI=1S/C19H27FN4O3/c20-15-1-3-17(4-2-15)23-8-10-24(11-9-23)19(26)5-6-22-18(25)13-16-14-27-12-7-21-16/h1-4,16,21H,5-14H2,(H,22,25). The zero-order valence-corrected chi connectivity index (χ0v) is 15.5. The van der Waals surface area contributed by atoms with Gasteiger partial charge in [-0.25, -0.2) is 4.39 Å². The number of piperazine rings is 1. The summed E-state index contributed by atoms with van der Waals surface area (Å²) in [5, 5.41) is 6.05. The first-order valence-electron chi connectivity index (χ1n) is 9.48. The Bertz CT molecular complexity index is 626. The van der Waals surface area contributed by atoms with Gasteiger partial charge in [0.2, 0.25) is 11.8 Å². The monoisotopic (exact) mass is 378 g/mol. The van der Waals surface area contributed by atoms with Crippen LogP contribution in [0.3, 0.4) is 0 Å². The van der Waals surface area contributed by atoms with Gasteiger partial charge in [0, 0.05) is 63.8 Å². The van der Waals surface area contributed by atoms with Crippen LogP contribution in [0.1, 0.15) is 12.8 Å². The number of morpholine rings is 1. The second-order valence-corrected chi connectivity index (χ2v) is 6.87. The van der Waals surface area contributed by atoms with Crippen molar-refractivity contribution < 1.29 is 18.7 Å². The van der Waals surface area contributed by atoms with Crippen LogP contribution in [0.25, 0.3) is 0 Å². The van der Waals surface area contributed by atoms with E-state index in [1.807, 2.05) is 4.90 Å². The van der Waals surface area contributed by atoms with E-state index in [4.69, 9.17) is 4.74 Å². The summed E-state index contributed by atoms with van der Waals surface area (Å²) < 4.78 is 18.3. The zero-order valence-electron chi connectivity index (χ0n) is 15.5. The Hall–Kier alpha value is -2.19. The molecule has 1 aromatic carbocycles. The normalized spacial score (nSPS) is 20.4. The predicted molar refractivity (Wildman–Crippen MR) is 100 cm³/mol. The molecular formula is C19H27FN4O3. The molecular weight excluding hydrogens is 351 g/mol. The van der Waals surface area contributed by atoms with Crippen LogP contribution >= 0.6 is 0 Å². The van der Waals surface area contributed by atoms with Gasteiger partial charge < -0.3 is 25.2 Å². The molecule has 3 rings (SSSR count). The molecule has 2 aliphatic rings. The SMILES string of the molecule is O=C(CC1COCCN1)NCCC(=O)N1CCN(c2ccc(F)cc2)CC1. The molecule has 0 saturated carbocycles. The zero-order chi connectivity index (χ0) is 19.1. The van der Waals surface area contributed by atoms with Crippen LogP contribution in [0.4, 0.5) is 10.1 Å². The Morgan fingerprint density at radius 2 is 1.93 bits per heavy atom. The van der Waals surface area contributed by atoms with E-state index in [9.17, 15) is 14.0 Å². The summed E-state index contributed by atoms with van der Waals surface area (Å²) in [7, 11) is 0. The molecule has 0 aromatic heterocycles. The lowest BCUT2D eigenvalue weighted by molar-refractivity contribution is -0.131. The number of nitrogens with one attached hydrogen (secondary N) is 2. The molecule has 2 saturated heterocycles. The number of hydrogen-bond acceptors (Lipinski definition) is 5. The highest BCUT2D eigenvalue weighted by molar-refractivity contribution is 5.79. The molecule has 0 spiro atoms. The average Bonchev–Trinajstić information content (AvgIpc) is 2.69. The maximum Gasteiger partial charge on any atom is 0.224 e. The summed E-state index contributed by atoms with van der Waals surface area (Å²) >= 11 is 0. The highest BCUT2D eigenvalue weighted by Crippen LogP contribution is 2.17. The largest absolute Gasteiger partial charge is 0.378 e. The van der Waals surface area contributed by atoms with Gasteiger partial charge >= 0.3 is 0 Å². The predicted octanol–water partition coefficient (Wildman–Crippen LogP) is 0.359. The van der Waals surface area contributed by atoms with E-state index in [1.165, 1.54) is 12.1 Å². The van der Waals surface area contributed by atoms with Crippen molar-refractivity contribution >= 4 is 17.5 Å². The Labute approximate surface area is 158 Å². The number of ether oxygens (including phenoxy) is 1. The number of halogens is 1. The molecule has 7 nitrogen and oxygen atoms in total. The number of rotatable bonds is 6. The van der Waals surface area contributed by atoms with Crippen molar-refractivity contribution in [3.05, 3.63) is 30.1 Å². The minimum absolute atomic E-state index is 0.0492. The molecule has 2 fully saturated rings. The quantitative estimate of drug-likeness (QED) is 0.748. The Balaban J connectivity index is 1.33. The van der Waals surface area contributed by atoms with Gasteiger partial charge in [0.05, 0.1) is 13.2 Å². The Morgan fingerprint density at radius 1 is 1.19 bits per heavy atom. The first-order valence-corrected chi connectivity index (χ1v) is 9.48. The number of carbonyl (C=O) groups is 2. The van der Waals surface area contributed by atoms with Crippen LogP contribution in [-0.4, -0.2) is 75.2 Å². The molecule has 0 bridgehead atoms. The van der Waals surface area contributed by atoms with E-state index in [1.54, 1.807) is 12.1 Å². The summed E-state index contributed by atoms with van der Waals surface area (Å²) in [6.07, 6.45) is 0.668. The lowest BCUT2D eigenvalue weighted by atomic mass is 10.2. The molecule has 27 heavy (non-hydrogen) atoms. The van der Waals surface area contributed by atoms with Crippen LogP contribution in [0.15, 0.2) is 24.3 Å². The van der Waals surface area contributed by atoms with Gasteiger partial charge in [-0.3, -0.25) is 9.59 Å². The van der Waals surface area contributed by atoms with Crippen LogP contribution in [-0.2, 0) is 14.3 Å². The van der Waals surface area contributed by atoms with Crippen LogP contribution < -0.4 is 15.5 Å². The topological polar surface area (TPSA) is 73.9 Å². The molecule has 1 atom stereocenters. The molecule has 0 aliphatic carbocycles. The Kier molecular flexibility index (Phi) is 7.00. The molecule has 2 aliphatic heterocycles. The third-order valence-corrected chi connectivity index (χ3v) is 4.92. The third kappa shape index (κ3) is 5.90. The van der Waals surface area contributed by atoms with E-state index in [0.717, 1.165) is 25.3 Å². The third-order valence-electron chi connectivity index (χ3n) is 4.92. The van der Waals surface area contributed by atoms with Crippen molar-refractivity contribution in [2.24, 2.45) is 0 Å². The second-order valence-electron chi connectivity index (χ2n) is 6.87. The number of hydrogen-bond donors (Lipinski definition) is 2. The average molecular weight is 378 g/mol. The smallest absolute Gasteiger partial charge is 0.224 e. The minimum Gasteiger partial charge on any atom is -0.378 e. The molecule has 8 heteroatoms. The van der Waals surface area contributed by atoms with Crippen molar-refractivity contribution in [1.29, 1.82) is 0 Å². The molecule has 2 heterocycles. The van der Waals surface area contributed by atoms with Crippen molar-refractivity contribution in [3.63, 3.8) is 0 Å². The van der Waals surface area contributed by atoms with E-state index in [2.05, 4.69) is 15.5 Å². The van der Waals surface area contributed by atoms with Crippen molar-refractivity contribution in [2.45, 2.75) is 18.9 Å². The van der Waals surface area contributed by atoms with Crippen LogP contribution in [0.2, 0.25) is 0 Å². The molecule has 0 radical (unpaired) electrons. The number of benzene rings is 1. The van der Waals surface area contributed by atoms with Gasteiger partial charge in [-0.2, -0.15) is 0 Å². The highest BCUT2D eigenvalue weighted by atomic mass is 19.1. The van der Waals surface area contributed by atoms with E-state index < -0.39 is 0 Å². The molecule has 1 aromatic rings. The highest BCUT2D eigenvalue weighted by Gasteiger charge is 2.21. The second kappa shape index (κ2) is 9.66. The summed E-state index contributed by atoms with van der Waals surface area (Å²) in [6, 6.07) is 6.46. The summed E-state index contributed by atoms with van der Waals surface area (Å²) in [5.41, 5.74) is 0.969. The molecule has 2 N–H and O–H groups in total. The van der Waals surface area contributed by atoms with E-state index in [-0.39, 0.29) is 23.7 Å². The fourth-order valence-electron chi connectivity index (χ4n) is 3.38. The minimum atomic E-state index is -0.249. The lowest BCUT2D eigenvalue weighted by Crippen LogP contribution is -2.49. The van der Waals surface area contributed by atoms with E-state index in [0.29, 0.717) is 45.7 Å². The van der Waals surface area contributed by atoms with Gasteiger partial charge in [0.25, 0.3) is 0 Å². The van der Waals surface area contributed by atoms with Gasteiger partial charge in [-0.1, -0.05) is 0 Å².